The third-order valence-corrected chi connectivity index (χ3v) is 8.25. The first-order valence-corrected chi connectivity index (χ1v) is 13.0. The minimum Gasteiger partial charge on any atom is -0.368 e. The summed E-state index contributed by atoms with van der Waals surface area (Å²) < 4.78 is 1.59. The fraction of sp³-hybridized carbons (Fsp3) is 0.185. The number of fused-ring (bicyclic) bond motifs is 2. The van der Waals surface area contributed by atoms with Gasteiger partial charge >= 0.3 is 5.69 Å². The van der Waals surface area contributed by atoms with Crippen LogP contribution in [0.15, 0.2) is 70.5 Å². The molecule has 8 nitrogen and oxygen atoms in total. The normalized spacial score (nSPS) is 14.0. The van der Waals surface area contributed by atoms with Gasteiger partial charge in [0.1, 0.15) is 4.70 Å². The number of carbonyl (C=O) groups is 1. The average molecular weight is 532 g/mol. The van der Waals surface area contributed by atoms with Gasteiger partial charge in [0.05, 0.1) is 17.4 Å². The number of anilines is 1. The lowest BCUT2D eigenvalue weighted by molar-refractivity contribution is -0.129. The average Bonchev–Trinajstić information content (AvgIpc) is 3.33. The van der Waals surface area contributed by atoms with Crippen LogP contribution in [0.4, 0.5) is 5.69 Å². The molecular weight excluding hydrogens is 510 g/mol. The number of thiophene rings is 1. The van der Waals surface area contributed by atoms with Crippen molar-refractivity contribution < 1.29 is 4.79 Å². The lowest BCUT2D eigenvalue weighted by Crippen LogP contribution is -2.48. The summed E-state index contributed by atoms with van der Waals surface area (Å²) in [4.78, 5) is 50.6. The van der Waals surface area contributed by atoms with E-state index in [1.807, 2.05) is 41.3 Å². The van der Waals surface area contributed by atoms with Crippen LogP contribution in [-0.2, 0) is 4.79 Å². The highest BCUT2D eigenvalue weighted by molar-refractivity contribution is 7.22. The molecule has 186 valence electrons. The Hall–Kier alpha value is -3.95. The van der Waals surface area contributed by atoms with Crippen molar-refractivity contribution in [3.63, 3.8) is 0 Å². The fourth-order valence-corrected chi connectivity index (χ4v) is 6.19. The van der Waals surface area contributed by atoms with E-state index in [4.69, 9.17) is 11.6 Å². The van der Waals surface area contributed by atoms with Crippen LogP contribution in [0.1, 0.15) is 6.92 Å². The number of amides is 1. The van der Waals surface area contributed by atoms with Crippen molar-refractivity contribution in [2.24, 2.45) is 0 Å². The maximum absolute atomic E-state index is 13.7. The van der Waals surface area contributed by atoms with Gasteiger partial charge in [0.15, 0.2) is 0 Å². The van der Waals surface area contributed by atoms with E-state index in [2.05, 4.69) is 14.9 Å². The molecule has 5 aromatic rings. The summed E-state index contributed by atoms with van der Waals surface area (Å²) in [5, 5.41) is 2.14. The Morgan fingerprint density at radius 2 is 1.81 bits per heavy atom. The number of nitrogens with zero attached hydrogens (tertiary/aromatic N) is 4. The summed E-state index contributed by atoms with van der Waals surface area (Å²) in [5.41, 5.74) is 1.72. The number of rotatable bonds is 3. The molecule has 3 aromatic heterocycles. The first kappa shape index (κ1) is 23.4. The molecule has 1 fully saturated rings. The minimum atomic E-state index is -0.532. The molecule has 1 N–H and O–H groups in total. The first-order valence-electron chi connectivity index (χ1n) is 11.8. The van der Waals surface area contributed by atoms with Gasteiger partial charge in [0, 0.05) is 71.2 Å². The van der Waals surface area contributed by atoms with E-state index in [1.165, 1.54) is 11.3 Å². The predicted molar refractivity (Wildman–Crippen MR) is 148 cm³/mol. The summed E-state index contributed by atoms with van der Waals surface area (Å²) >= 11 is 7.67. The molecule has 10 heteroatoms. The quantitative estimate of drug-likeness (QED) is 0.375. The van der Waals surface area contributed by atoms with Crippen LogP contribution in [0.25, 0.3) is 37.1 Å². The van der Waals surface area contributed by atoms with Crippen molar-refractivity contribution in [2.45, 2.75) is 6.92 Å². The van der Waals surface area contributed by atoms with Crippen LogP contribution in [-0.4, -0.2) is 51.5 Å². The lowest BCUT2D eigenvalue weighted by Gasteiger charge is -2.35. The van der Waals surface area contributed by atoms with Gasteiger partial charge in [-0.1, -0.05) is 35.9 Å². The number of pyridine rings is 1. The highest BCUT2D eigenvalue weighted by atomic mass is 35.5. The van der Waals surface area contributed by atoms with E-state index in [9.17, 15) is 14.4 Å². The molecule has 1 aliphatic rings. The van der Waals surface area contributed by atoms with Gasteiger partial charge in [-0.3, -0.25) is 14.6 Å². The Labute approximate surface area is 220 Å². The number of piperazine rings is 1. The van der Waals surface area contributed by atoms with Crippen molar-refractivity contribution in [3.05, 3.63) is 86.8 Å². The van der Waals surface area contributed by atoms with Gasteiger partial charge in [0.25, 0.3) is 5.56 Å². The number of carbonyl (C=O) groups excluding carboxylic acids is 1. The van der Waals surface area contributed by atoms with E-state index in [0.717, 1.165) is 31.5 Å². The molecule has 0 saturated carbocycles. The van der Waals surface area contributed by atoms with Crippen LogP contribution in [0.3, 0.4) is 0 Å². The van der Waals surface area contributed by atoms with Gasteiger partial charge < -0.3 is 14.8 Å². The third-order valence-electron chi connectivity index (χ3n) is 6.77. The second-order valence-corrected chi connectivity index (χ2v) is 10.4. The Morgan fingerprint density at radius 1 is 1.03 bits per heavy atom. The van der Waals surface area contributed by atoms with Crippen molar-refractivity contribution in [3.8, 4) is 16.1 Å². The number of benzene rings is 2. The largest absolute Gasteiger partial charge is 0.368 e. The Morgan fingerprint density at radius 3 is 2.57 bits per heavy atom. The molecule has 0 spiro atoms. The Bertz CT molecular complexity index is 1800. The number of aromatic nitrogens is 3. The number of halogens is 1. The molecule has 1 saturated heterocycles. The molecule has 0 atom stereocenters. The molecule has 1 aliphatic heterocycles. The van der Waals surface area contributed by atoms with E-state index in [1.54, 1.807) is 31.5 Å². The standard InChI is InChI=1S/C27H22ClN5O3S/c1-16(34)31-8-10-32(11-9-31)18-7-6-17-14-29-15-23(20(17)12-18)33-26(35)25-22(30-27(33)36)13-24(37-25)19-4-2-3-5-21(19)28/h2-7,12-15H,8-11H2,1H3,(H,30,36). The summed E-state index contributed by atoms with van der Waals surface area (Å²) in [6, 6.07) is 15.1. The van der Waals surface area contributed by atoms with Crippen molar-refractivity contribution in [1.29, 1.82) is 0 Å². The molecule has 1 amide bonds. The zero-order chi connectivity index (χ0) is 25.7. The van der Waals surface area contributed by atoms with Gasteiger partial charge in [-0.25, -0.2) is 9.36 Å². The minimum absolute atomic E-state index is 0.0757. The van der Waals surface area contributed by atoms with Crippen LogP contribution in [0, 0.1) is 0 Å². The number of hydrogen-bond acceptors (Lipinski definition) is 6. The van der Waals surface area contributed by atoms with E-state index >= 15 is 0 Å². The Kier molecular flexibility index (Phi) is 5.81. The maximum atomic E-state index is 13.7. The van der Waals surface area contributed by atoms with Crippen LogP contribution in [0.5, 0.6) is 0 Å². The zero-order valence-corrected chi connectivity index (χ0v) is 21.5. The third kappa shape index (κ3) is 4.10. The summed E-state index contributed by atoms with van der Waals surface area (Å²) in [7, 11) is 0. The number of H-pyrrole nitrogens is 1. The van der Waals surface area contributed by atoms with Gasteiger partial charge in [-0.05, 0) is 24.3 Å². The topological polar surface area (TPSA) is 91.3 Å². The molecule has 6 rings (SSSR count). The first-order chi connectivity index (χ1) is 17.9. The Balaban J connectivity index is 1.46. The van der Waals surface area contributed by atoms with E-state index in [0.29, 0.717) is 47.1 Å². The number of hydrogen-bond donors (Lipinski definition) is 1. The van der Waals surface area contributed by atoms with Gasteiger partial charge in [0.2, 0.25) is 5.91 Å². The molecule has 0 radical (unpaired) electrons. The van der Waals surface area contributed by atoms with Gasteiger partial charge in [-0.15, -0.1) is 11.3 Å². The van der Waals surface area contributed by atoms with Crippen molar-refractivity contribution >= 4 is 55.5 Å². The lowest BCUT2D eigenvalue weighted by atomic mass is 10.1. The number of aromatic amines is 1. The predicted octanol–water partition coefficient (Wildman–Crippen LogP) is 4.28. The summed E-state index contributed by atoms with van der Waals surface area (Å²) in [6.45, 7) is 4.30. The molecule has 0 bridgehead atoms. The second-order valence-electron chi connectivity index (χ2n) is 8.96. The van der Waals surface area contributed by atoms with Crippen LogP contribution >= 0.6 is 22.9 Å². The maximum Gasteiger partial charge on any atom is 0.333 e. The summed E-state index contributed by atoms with van der Waals surface area (Å²) in [5.74, 6) is 0.0757. The van der Waals surface area contributed by atoms with Crippen LogP contribution < -0.4 is 16.1 Å². The second kappa shape index (κ2) is 9.17. The van der Waals surface area contributed by atoms with Crippen molar-refractivity contribution in [2.75, 3.05) is 31.1 Å². The zero-order valence-electron chi connectivity index (χ0n) is 19.9. The molecule has 0 aliphatic carbocycles. The molecule has 4 heterocycles. The molecule has 37 heavy (non-hydrogen) atoms. The van der Waals surface area contributed by atoms with E-state index < -0.39 is 11.2 Å². The van der Waals surface area contributed by atoms with Crippen molar-refractivity contribution in [1.82, 2.24) is 19.4 Å². The molecule has 0 unspecified atom stereocenters. The SMILES string of the molecule is CC(=O)N1CCN(c2ccc3cncc(-n4c(=O)[nH]c5cc(-c6ccccc6Cl)sc5c4=O)c3c2)CC1. The molecular formula is C27H22ClN5O3S. The highest BCUT2D eigenvalue weighted by Crippen LogP contribution is 2.35. The van der Waals surface area contributed by atoms with Gasteiger partial charge in [-0.2, -0.15) is 0 Å². The monoisotopic (exact) mass is 531 g/mol. The molecule has 2 aromatic carbocycles. The summed E-state index contributed by atoms with van der Waals surface area (Å²) in [6.07, 6.45) is 3.26. The van der Waals surface area contributed by atoms with Crippen LogP contribution in [0.2, 0.25) is 5.02 Å². The highest BCUT2D eigenvalue weighted by Gasteiger charge is 2.21. The fourth-order valence-electron chi connectivity index (χ4n) is 4.81. The number of nitrogens with one attached hydrogen (secondary N) is 1. The van der Waals surface area contributed by atoms with E-state index in [-0.39, 0.29) is 5.91 Å². The smallest absolute Gasteiger partial charge is 0.333 e.